The van der Waals surface area contributed by atoms with E-state index in [0.717, 1.165) is 16.5 Å². The van der Waals surface area contributed by atoms with Gasteiger partial charge >= 0.3 is 11.9 Å². The fourth-order valence-corrected chi connectivity index (χ4v) is 2.98. The largest absolute Gasteiger partial charge is 0.430 e. The van der Waals surface area contributed by atoms with Crippen molar-refractivity contribution in [2.24, 2.45) is 10.7 Å². The van der Waals surface area contributed by atoms with E-state index in [1.165, 1.54) is 12.4 Å². The van der Waals surface area contributed by atoms with Gasteiger partial charge in [0, 0.05) is 38.1 Å². The van der Waals surface area contributed by atoms with Crippen molar-refractivity contribution in [1.29, 1.82) is 0 Å². The molecule has 13 heteroatoms. The van der Waals surface area contributed by atoms with E-state index in [-0.39, 0.29) is 17.6 Å². The topological polar surface area (TPSA) is 92.6 Å². The Morgan fingerprint density at radius 1 is 1.23 bits per heavy atom. The predicted octanol–water partition coefficient (Wildman–Crippen LogP) is 2.19. The molecule has 1 aromatic heterocycles. The minimum atomic E-state index is -4.64. The highest BCUT2D eigenvalue weighted by Crippen LogP contribution is 2.24. The lowest BCUT2D eigenvalue weighted by atomic mass is 10.2. The highest BCUT2D eigenvalue weighted by atomic mass is 35.5. The first kappa shape index (κ1) is 22.5. The molecule has 2 heterocycles. The van der Waals surface area contributed by atoms with Gasteiger partial charge in [0.25, 0.3) is 0 Å². The molecule has 0 bridgehead atoms. The molecular formula is C18H18ClF4N7O. The van der Waals surface area contributed by atoms with Crippen molar-refractivity contribution in [2.45, 2.75) is 12.8 Å². The predicted molar refractivity (Wildman–Crippen MR) is 109 cm³/mol. The number of hydrogen-bond donors (Lipinski definition) is 1. The van der Waals surface area contributed by atoms with Crippen LogP contribution >= 0.6 is 11.6 Å². The molecule has 2 N–H and O–H groups in total. The van der Waals surface area contributed by atoms with Crippen molar-refractivity contribution in [3.05, 3.63) is 57.6 Å². The van der Waals surface area contributed by atoms with Crippen LogP contribution in [0.25, 0.3) is 0 Å². The number of nitrogens with two attached hydrogens (primary N) is 1. The number of anilines is 2. The quantitative estimate of drug-likeness (QED) is 0.544. The first-order valence-corrected chi connectivity index (χ1v) is 9.44. The van der Waals surface area contributed by atoms with Crippen LogP contribution < -0.4 is 21.2 Å². The highest BCUT2D eigenvalue weighted by molar-refractivity contribution is 6.31. The van der Waals surface area contributed by atoms with E-state index in [1.54, 1.807) is 12.1 Å². The van der Waals surface area contributed by atoms with Crippen LogP contribution in [0.5, 0.6) is 0 Å². The Labute approximate surface area is 179 Å². The van der Waals surface area contributed by atoms with Crippen LogP contribution in [-0.2, 0) is 6.67 Å². The Hall–Kier alpha value is -3.15. The molecule has 8 nitrogen and oxygen atoms in total. The number of benzene rings is 1. The molecular weight excluding hydrogens is 442 g/mol. The molecule has 1 aromatic carbocycles. The van der Waals surface area contributed by atoms with E-state index in [9.17, 15) is 22.4 Å². The molecule has 31 heavy (non-hydrogen) atoms. The molecule has 0 saturated carbocycles. The fourth-order valence-electron chi connectivity index (χ4n) is 2.81. The van der Waals surface area contributed by atoms with E-state index in [1.807, 2.05) is 9.80 Å². The van der Waals surface area contributed by atoms with Crippen LogP contribution in [0.15, 0.2) is 46.1 Å². The van der Waals surface area contributed by atoms with Gasteiger partial charge < -0.3 is 15.5 Å². The summed E-state index contributed by atoms with van der Waals surface area (Å²) >= 11 is 5.83. The van der Waals surface area contributed by atoms with Crippen LogP contribution in [0.4, 0.5) is 29.2 Å². The maximum absolute atomic E-state index is 13.3. The minimum absolute atomic E-state index is 0.0473. The van der Waals surface area contributed by atoms with Crippen molar-refractivity contribution in [1.82, 2.24) is 14.5 Å². The zero-order valence-electron chi connectivity index (χ0n) is 16.1. The number of halogens is 5. The third-order valence-electron chi connectivity index (χ3n) is 4.51. The van der Waals surface area contributed by atoms with Gasteiger partial charge in [0.2, 0.25) is 5.95 Å². The van der Waals surface area contributed by atoms with E-state index in [0.29, 0.717) is 32.3 Å². The molecule has 1 saturated heterocycles. The van der Waals surface area contributed by atoms with Crippen LogP contribution in [0, 0.1) is 5.82 Å². The normalized spacial score (nSPS) is 15.7. The summed E-state index contributed by atoms with van der Waals surface area (Å²) in [4.78, 5) is 27.7. The van der Waals surface area contributed by atoms with Gasteiger partial charge in [-0.3, -0.25) is 9.56 Å². The second-order valence-corrected chi connectivity index (χ2v) is 6.98. The number of allylic oxidation sites excluding steroid dienone is 2. The fraction of sp³-hybridized carbons (Fsp3) is 0.333. The minimum Gasteiger partial charge on any atom is -0.395 e. The number of hydrogen-bond acceptors (Lipinski definition) is 7. The summed E-state index contributed by atoms with van der Waals surface area (Å²) in [6, 6.07) is 4.51. The van der Waals surface area contributed by atoms with Crippen LogP contribution in [-0.4, -0.2) is 53.1 Å². The summed E-state index contributed by atoms with van der Waals surface area (Å²) in [5, 5.41) is 0.0473. The first-order valence-electron chi connectivity index (χ1n) is 9.06. The van der Waals surface area contributed by atoms with Gasteiger partial charge in [0.05, 0.1) is 5.02 Å². The molecule has 0 amide bonds. The lowest BCUT2D eigenvalue weighted by molar-refractivity contribution is -0.0925. The molecule has 0 atom stereocenters. The number of nitrogens with zero attached hydrogens (tertiary/aromatic N) is 6. The zero-order chi connectivity index (χ0) is 22.6. The third kappa shape index (κ3) is 5.72. The Morgan fingerprint density at radius 3 is 2.52 bits per heavy atom. The lowest BCUT2D eigenvalue weighted by Gasteiger charge is -2.36. The Bertz CT molecular complexity index is 1050. The number of aliphatic imine (C=N–C) groups is 1. The number of aromatic nitrogens is 3. The standard InChI is InChI=1S/C18H18ClF4N7O/c19-13-9-12(1-2-14(13)20)28-5-7-29(8-6-28)16-26-11-30(17(31)27-16)10-25-4-3-15(24)18(21,22)23/h1-4,9,11H,5-8,10,24H2/b15-3-,25-4+. The van der Waals surface area contributed by atoms with Gasteiger partial charge in [-0.25, -0.2) is 14.2 Å². The van der Waals surface area contributed by atoms with Crippen molar-refractivity contribution < 1.29 is 17.6 Å². The molecule has 0 radical (unpaired) electrons. The van der Waals surface area contributed by atoms with Gasteiger partial charge in [0.1, 0.15) is 24.5 Å². The average Bonchev–Trinajstić information content (AvgIpc) is 2.73. The lowest BCUT2D eigenvalue weighted by Crippen LogP contribution is -2.47. The molecule has 3 rings (SSSR count). The van der Waals surface area contributed by atoms with Crippen LogP contribution in [0.1, 0.15) is 0 Å². The molecule has 0 unspecified atom stereocenters. The highest BCUT2D eigenvalue weighted by Gasteiger charge is 2.30. The maximum Gasteiger partial charge on any atom is 0.430 e. The number of piperazine rings is 1. The molecule has 166 valence electrons. The monoisotopic (exact) mass is 459 g/mol. The van der Waals surface area contributed by atoms with E-state index >= 15 is 0 Å². The summed E-state index contributed by atoms with van der Waals surface area (Å²) in [5.74, 6) is -0.245. The Balaban J connectivity index is 1.59. The first-order chi connectivity index (χ1) is 14.6. The summed E-state index contributed by atoms with van der Waals surface area (Å²) in [7, 11) is 0. The van der Waals surface area contributed by atoms with E-state index in [4.69, 9.17) is 17.3 Å². The molecule has 0 aliphatic carbocycles. The summed E-state index contributed by atoms with van der Waals surface area (Å²) in [6.07, 6.45) is -1.94. The van der Waals surface area contributed by atoms with E-state index in [2.05, 4.69) is 15.0 Å². The van der Waals surface area contributed by atoms with Gasteiger partial charge in [-0.1, -0.05) is 11.6 Å². The smallest absolute Gasteiger partial charge is 0.395 e. The molecule has 2 aromatic rings. The van der Waals surface area contributed by atoms with Crippen molar-refractivity contribution >= 4 is 29.5 Å². The van der Waals surface area contributed by atoms with Gasteiger partial charge in [0.15, 0.2) is 0 Å². The van der Waals surface area contributed by atoms with Gasteiger partial charge in [-0.15, -0.1) is 0 Å². The second kappa shape index (κ2) is 9.33. The maximum atomic E-state index is 13.3. The van der Waals surface area contributed by atoms with Crippen molar-refractivity contribution in [2.75, 3.05) is 36.0 Å². The average molecular weight is 460 g/mol. The molecule has 1 aliphatic heterocycles. The second-order valence-electron chi connectivity index (χ2n) is 6.57. The Kier molecular flexibility index (Phi) is 6.78. The summed E-state index contributed by atoms with van der Waals surface area (Å²) < 4.78 is 51.2. The molecule has 1 aliphatic rings. The molecule has 1 fully saturated rings. The third-order valence-corrected chi connectivity index (χ3v) is 4.80. The number of alkyl halides is 3. The Morgan fingerprint density at radius 2 is 1.90 bits per heavy atom. The molecule has 0 spiro atoms. The number of rotatable bonds is 5. The van der Waals surface area contributed by atoms with Crippen molar-refractivity contribution in [3.63, 3.8) is 0 Å². The zero-order valence-corrected chi connectivity index (χ0v) is 16.8. The van der Waals surface area contributed by atoms with Crippen LogP contribution in [0.3, 0.4) is 0 Å². The summed E-state index contributed by atoms with van der Waals surface area (Å²) in [6.45, 7) is 1.98. The SMILES string of the molecule is N/C(=C\C=N\Cn1cnc(N2CCN(c3ccc(F)c(Cl)c3)CC2)nc1=O)C(F)(F)F. The van der Waals surface area contributed by atoms with E-state index < -0.39 is 23.4 Å². The van der Waals surface area contributed by atoms with Crippen molar-refractivity contribution in [3.8, 4) is 0 Å². The summed E-state index contributed by atoms with van der Waals surface area (Å²) in [5.41, 5.74) is 3.70. The van der Waals surface area contributed by atoms with Gasteiger partial charge in [-0.05, 0) is 24.3 Å². The van der Waals surface area contributed by atoms with Crippen LogP contribution in [0.2, 0.25) is 5.02 Å². The van der Waals surface area contributed by atoms with Gasteiger partial charge in [-0.2, -0.15) is 18.2 Å².